The largest absolute Gasteiger partial charge is 0.462 e. The van der Waals surface area contributed by atoms with Gasteiger partial charge in [-0.3, -0.25) is 14.4 Å². The molecule has 7 nitrogen and oxygen atoms in total. The lowest BCUT2D eigenvalue weighted by Gasteiger charge is -2.05. The normalized spacial score (nSPS) is 9.31. The Kier molecular flexibility index (Phi) is 8.90. The van der Waals surface area contributed by atoms with Crippen molar-refractivity contribution in [3.8, 4) is 0 Å². The molecule has 7 heteroatoms. The Morgan fingerprint density at radius 2 is 2.06 bits per heavy atom. The molecule has 0 fully saturated rings. The van der Waals surface area contributed by atoms with Gasteiger partial charge in [0.05, 0.1) is 6.61 Å². The van der Waals surface area contributed by atoms with Crippen LogP contribution in [0.1, 0.15) is 6.42 Å². The lowest BCUT2D eigenvalue weighted by Crippen LogP contribution is -2.32. The van der Waals surface area contributed by atoms with Crippen molar-refractivity contribution in [2.24, 2.45) is 0 Å². The van der Waals surface area contributed by atoms with E-state index < -0.39 is 5.97 Å². The summed E-state index contributed by atoms with van der Waals surface area (Å²) in [5.74, 6) is -0.841. The molecule has 0 aromatic rings. The molecule has 0 saturated heterocycles. The van der Waals surface area contributed by atoms with Gasteiger partial charge in [-0.05, 0) is 0 Å². The highest BCUT2D eigenvalue weighted by Gasteiger charge is 2.05. The van der Waals surface area contributed by atoms with Crippen LogP contribution in [0.15, 0.2) is 0 Å². The summed E-state index contributed by atoms with van der Waals surface area (Å²) in [5, 5.41) is 4.69. The Labute approximate surface area is 93.5 Å². The standard InChI is InChI=1S/C9H16N2O5/c1-15-4-5-16-9(14)6-11-8(13)2-3-10-7-12/h7H,2-6H2,1H3,(H,10,12)(H,11,13). The average Bonchev–Trinajstić information content (AvgIpc) is 2.27. The third kappa shape index (κ3) is 8.95. The third-order valence-electron chi connectivity index (χ3n) is 1.56. The van der Waals surface area contributed by atoms with Crippen molar-refractivity contribution in [2.45, 2.75) is 6.42 Å². The molecule has 92 valence electrons. The number of hydrogen-bond donors (Lipinski definition) is 2. The third-order valence-corrected chi connectivity index (χ3v) is 1.56. The molecule has 0 unspecified atom stereocenters. The number of rotatable bonds is 9. The number of carbonyl (C=O) groups excluding carboxylic acids is 3. The Balaban J connectivity index is 3.43. The maximum absolute atomic E-state index is 11.1. The van der Waals surface area contributed by atoms with Crippen LogP contribution in [0.25, 0.3) is 0 Å². The monoisotopic (exact) mass is 232 g/mol. The Bertz CT molecular complexity index is 232. The molecule has 0 rings (SSSR count). The van der Waals surface area contributed by atoms with E-state index in [0.29, 0.717) is 13.0 Å². The summed E-state index contributed by atoms with van der Waals surface area (Å²) in [7, 11) is 1.50. The molecule has 0 aliphatic heterocycles. The first-order valence-electron chi connectivity index (χ1n) is 4.79. The van der Waals surface area contributed by atoms with Gasteiger partial charge in [0.2, 0.25) is 12.3 Å². The summed E-state index contributed by atoms with van der Waals surface area (Å²) in [6.45, 7) is 0.554. The zero-order chi connectivity index (χ0) is 12.2. The van der Waals surface area contributed by atoms with Gasteiger partial charge in [0.15, 0.2) is 0 Å². The first kappa shape index (κ1) is 14.4. The highest BCUT2D eigenvalue weighted by Crippen LogP contribution is 1.80. The average molecular weight is 232 g/mol. The molecule has 0 saturated carbocycles. The Morgan fingerprint density at radius 1 is 1.31 bits per heavy atom. The second-order valence-corrected chi connectivity index (χ2v) is 2.81. The summed E-state index contributed by atoms with van der Waals surface area (Å²) >= 11 is 0. The van der Waals surface area contributed by atoms with Crippen molar-refractivity contribution in [3.05, 3.63) is 0 Å². The molecule has 16 heavy (non-hydrogen) atoms. The Hall–Kier alpha value is -1.63. The molecule has 0 radical (unpaired) electrons. The fourth-order valence-corrected chi connectivity index (χ4v) is 0.794. The van der Waals surface area contributed by atoms with Crippen molar-refractivity contribution in [1.82, 2.24) is 10.6 Å². The molecule has 0 spiro atoms. The van der Waals surface area contributed by atoms with Gasteiger partial charge in [0.25, 0.3) is 0 Å². The predicted octanol–water partition coefficient (Wildman–Crippen LogP) is -1.57. The topological polar surface area (TPSA) is 93.7 Å². The minimum atomic E-state index is -0.520. The van der Waals surface area contributed by atoms with Crippen molar-refractivity contribution < 1.29 is 23.9 Å². The second-order valence-electron chi connectivity index (χ2n) is 2.81. The van der Waals surface area contributed by atoms with Crippen molar-refractivity contribution in [3.63, 3.8) is 0 Å². The molecule has 0 aromatic carbocycles. The molecule has 0 aliphatic carbocycles. The quantitative estimate of drug-likeness (QED) is 0.284. The number of amides is 2. The molecule has 0 bridgehead atoms. The van der Waals surface area contributed by atoms with E-state index >= 15 is 0 Å². The minimum Gasteiger partial charge on any atom is -0.462 e. The van der Waals surface area contributed by atoms with Gasteiger partial charge in [-0.15, -0.1) is 0 Å². The van der Waals surface area contributed by atoms with E-state index in [1.807, 2.05) is 0 Å². The second kappa shape index (κ2) is 9.91. The highest BCUT2D eigenvalue weighted by atomic mass is 16.6. The van der Waals surface area contributed by atoms with Gasteiger partial charge < -0.3 is 20.1 Å². The maximum atomic E-state index is 11.1. The van der Waals surface area contributed by atoms with Gasteiger partial charge in [-0.25, -0.2) is 0 Å². The van der Waals surface area contributed by atoms with Gasteiger partial charge in [0.1, 0.15) is 13.2 Å². The van der Waals surface area contributed by atoms with E-state index in [2.05, 4.69) is 15.4 Å². The van der Waals surface area contributed by atoms with Crippen molar-refractivity contribution in [1.29, 1.82) is 0 Å². The maximum Gasteiger partial charge on any atom is 0.325 e. The SMILES string of the molecule is COCCOC(=O)CNC(=O)CCNC=O. The van der Waals surface area contributed by atoms with Crippen LogP contribution in [0, 0.1) is 0 Å². The lowest BCUT2D eigenvalue weighted by molar-refractivity contribution is -0.145. The zero-order valence-corrected chi connectivity index (χ0v) is 9.15. The van der Waals surface area contributed by atoms with Gasteiger partial charge in [0, 0.05) is 20.1 Å². The number of carbonyl (C=O) groups is 3. The number of esters is 1. The van der Waals surface area contributed by atoms with Gasteiger partial charge in [-0.2, -0.15) is 0 Å². The summed E-state index contributed by atoms with van der Waals surface area (Å²) in [6.07, 6.45) is 0.635. The number of ether oxygens (including phenoxy) is 2. The number of nitrogens with one attached hydrogen (secondary N) is 2. The van der Waals surface area contributed by atoms with Crippen molar-refractivity contribution >= 4 is 18.3 Å². The van der Waals surface area contributed by atoms with E-state index in [9.17, 15) is 14.4 Å². The van der Waals surface area contributed by atoms with E-state index in [1.165, 1.54) is 7.11 Å². The first-order chi connectivity index (χ1) is 7.70. The summed E-state index contributed by atoms with van der Waals surface area (Å²) in [6, 6.07) is 0. The summed E-state index contributed by atoms with van der Waals surface area (Å²) in [5.41, 5.74) is 0. The van der Waals surface area contributed by atoms with Crippen molar-refractivity contribution in [2.75, 3.05) is 33.4 Å². The van der Waals surface area contributed by atoms with E-state index in [0.717, 1.165) is 0 Å². The Morgan fingerprint density at radius 3 is 2.69 bits per heavy atom. The molecular weight excluding hydrogens is 216 g/mol. The highest BCUT2D eigenvalue weighted by molar-refractivity contribution is 5.82. The van der Waals surface area contributed by atoms with Crippen LogP contribution in [0.2, 0.25) is 0 Å². The van der Waals surface area contributed by atoms with Crippen LogP contribution in [0.5, 0.6) is 0 Å². The summed E-state index contributed by atoms with van der Waals surface area (Å²) in [4.78, 5) is 31.9. The molecule has 0 aromatic heterocycles. The summed E-state index contributed by atoms with van der Waals surface area (Å²) < 4.78 is 9.39. The number of methoxy groups -OCH3 is 1. The van der Waals surface area contributed by atoms with Crippen LogP contribution in [-0.2, 0) is 23.9 Å². The molecule has 0 aliphatic rings. The van der Waals surface area contributed by atoms with E-state index in [4.69, 9.17) is 4.74 Å². The molecule has 0 heterocycles. The van der Waals surface area contributed by atoms with Crippen LogP contribution >= 0.6 is 0 Å². The molecule has 0 atom stereocenters. The minimum absolute atomic E-state index is 0.129. The zero-order valence-electron chi connectivity index (χ0n) is 9.15. The predicted molar refractivity (Wildman–Crippen MR) is 54.5 cm³/mol. The van der Waals surface area contributed by atoms with Gasteiger partial charge in [-0.1, -0.05) is 0 Å². The fourth-order valence-electron chi connectivity index (χ4n) is 0.794. The van der Waals surface area contributed by atoms with Crippen LogP contribution in [0.4, 0.5) is 0 Å². The van der Waals surface area contributed by atoms with Gasteiger partial charge >= 0.3 is 5.97 Å². The smallest absolute Gasteiger partial charge is 0.325 e. The molecule has 2 amide bonds. The lowest BCUT2D eigenvalue weighted by atomic mass is 10.4. The van der Waals surface area contributed by atoms with E-state index in [-0.39, 0.29) is 32.0 Å². The van der Waals surface area contributed by atoms with Crippen LogP contribution in [-0.4, -0.2) is 51.7 Å². The fraction of sp³-hybridized carbons (Fsp3) is 0.667. The van der Waals surface area contributed by atoms with Crippen LogP contribution in [0.3, 0.4) is 0 Å². The first-order valence-corrected chi connectivity index (χ1v) is 4.79. The molecular formula is C9H16N2O5. The van der Waals surface area contributed by atoms with Crippen LogP contribution < -0.4 is 10.6 Å². The number of hydrogen-bond acceptors (Lipinski definition) is 5. The van der Waals surface area contributed by atoms with E-state index in [1.54, 1.807) is 0 Å². The molecule has 2 N–H and O–H groups in total.